The predicted molar refractivity (Wildman–Crippen MR) is 90.1 cm³/mol. The Morgan fingerprint density at radius 3 is 2.89 bits per heavy atom. The highest BCUT2D eigenvalue weighted by molar-refractivity contribution is 14.0. The highest BCUT2D eigenvalue weighted by Gasteiger charge is 2.58. The molecule has 1 aliphatic carbocycles. The van der Waals surface area contributed by atoms with Crippen molar-refractivity contribution in [2.75, 3.05) is 20.2 Å². The first-order valence-electron chi connectivity index (χ1n) is 6.81. The number of guanidine groups is 1. The van der Waals surface area contributed by atoms with Crippen molar-refractivity contribution in [3.05, 3.63) is 12.7 Å². The molecule has 5 heteroatoms. The van der Waals surface area contributed by atoms with Crippen molar-refractivity contribution in [1.29, 1.82) is 0 Å². The first-order valence-corrected chi connectivity index (χ1v) is 6.81. The fraction of sp³-hybridized carbons (Fsp3) is 0.786. The van der Waals surface area contributed by atoms with Gasteiger partial charge in [-0.25, -0.2) is 0 Å². The zero-order valence-corrected chi connectivity index (χ0v) is 14.4. The molecule has 110 valence electrons. The van der Waals surface area contributed by atoms with E-state index in [1.807, 2.05) is 6.08 Å². The van der Waals surface area contributed by atoms with Crippen LogP contribution in [0.3, 0.4) is 0 Å². The molecule has 0 spiro atoms. The summed E-state index contributed by atoms with van der Waals surface area (Å²) in [6.45, 7) is 9.91. The number of hydrogen-bond donors (Lipinski definition) is 2. The number of hydrogen-bond acceptors (Lipinski definition) is 2. The number of nitrogens with zero attached hydrogens (tertiary/aromatic N) is 1. The van der Waals surface area contributed by atoms with Gasteiger partial charge in [0.05, 0.1) is 6.10 Å². The summed E-state index contributed by atoms with van der Waals surface area (Å²) in [5, 5.41) is 6.77. The minimum Gasteiger partial charge on any atom is -0.377 e. The van der Waals surface area contributed by atoms with E-state index in [9.17, 15) is 0 Å². The van der Waals surface area contributed by atoms with Gasteiger partial charge in [-0.05, 0) is 12.8 Å². The minimum atomic E-state index is 0. The molecule has 0 aromatic heterocycles. The molecular formula is C14H26IN3O. The topological polar surface area (TPSA) is 45.7 Å². The summed E-state index contributed by atoms with van der Waals surface area (Å²) in [6, 6.07) is 0.443. The van der Waals surface area contributed by atoms with Crippen molar-refractivity contribution in [2.45, 2.75) is 38.8 Å². The average molecular weight is 379 g/mol. The molecule has 0 amide bonds. The van der Waals surface area contributed by atoms with E-state index >= 15 is 0 Å². The second kappa shape index (κ2) is 6.92. The standard InChI is InChI=1S/C14H25N3O.HI/c1-5-8-16-13(15-4)17-11-10-7-6-9-18-12(10)14(11,2)3;/h5,10-12H,1,6-9H2,2-4H3,(H2,15,16,17);1H. The molecule has 2 rings (SSSR count). The fourth-order valence-corrected chi connectivity index (χ4v) is 3.33. The number of ether oxygens (including phenoxy) is 1. The van der Waals surface area contributed by atoms with Gasteiger partial charge in [-0.2, -0.15) is 0 Å². The van der Waals surface area contributed by atoms with Crippen LogP contribution in [0.1, 0.15) is 26.7 Å². The molecule has 4 nitrogen and oxygen atoms in total. The summed E-state index contributed by atoms with van der Waals surface area (Å²) < 4.78 is 5.90. The van der Waals surface area contributed by atoms with Crippen LogP contribution in [-0.2, 0) is 4.74 Å². The van der Waals surface area contributed by atoms with Gasteiger partial charge in [-0.1, -0.05) is 19.9 Å². The lowest BCUT2D eigenvalue weighted by Gasteiger charge is -2.60. The van der Waals surface area contributed by atoms with Crippen molar-refractivity contribution in [3.8, 4) is 0 Å². The Morgan fingerprint density at radius 1 is 1.53 bits per heavy atom. The number of rotatable bonds is 3. The van der Waals surface area contributed by atoms with E-state index in [2.05, 4.69) is 36.1 Å². The molecule has 1 saturated heterocycles. The van der Waals surface area contributed by atoms with E-state index in [0.717, 1.165) is 19.1 Å². The maximum atomic E-state index is 5.90. The van der Waals surface area contributed by atoms with Crippen LogP contribution < -0.4 is 10.6 Å². The molecule has 2 fully saturated rings. The fourth-order valence-electron chi connectivity index (χ4n) is 3.33. The van der Waals surface area contributed by atoms with E-state index in [1.165, 1.54) is 12.8 Å². The summed E-state index contributed by atoms with van der Waals surface area (Å²) in [5.41, 5.74) is 0.177. The number of halogens is 1. The third-order valence-electron chi connectivity index (χ3n) is 4.26. The summed E-state index contributed by atoms with van der Waals surface area (Å²) in [4.78, 5) is 4.26. The Hall–Kier alpha value is -0.300. The molecule has 19 heavy (non-hydrogen) atoms. The van der Waals surface area contributed by atoms with Gasteiger partial charge >= 0.3 is 0 Å². The van der Waals surface area contributed by atoms with Crippen LogP contribution in [0.5, 0.6) is 0 Å². The normalized spacial score (nSPS) is 32.4. The van der Waals surface area contributed by atoms with Gasteiger partial charge in [0.15, 0.2) is 5.96 Å². The third-order valence-corrected chi connectivity index (χ3v) is 4.26. The Morgan fingerprint density at radius 2 is 2.26 bits per heavy atom. The molecule has 0 bridgehead atoms. The average Bonchev–Trinajstić information content (AvgIpc) is 2.39. The SMILES string of the molecule is C=CCNC(=NC)NC1C2CCCOC2C1(C)C.I. The third kappa shape index (κ3) is 3.24. The molecule has 3 atom stereocenters. The lowest BCUT2D eigenvalue weighted by molar-refractivity contribution is -0.188. The molecule has 1 saturated carbocycles. The smallest absolute Gasteiger partial charge is 0.191 e. The van der Waals surface area contributed by atoms with E-state index in [-0.39, 0.29) is 29.4 Å². The van der Waals surface area contributed by atoms with Gasteiger partial charge in [0, 0.05) is 37.6 Å². The quantitative estimate of drug-likeness (QED) is 0.342. The maximum absolute atomic E-state index is 5.90. The van der Waals surface area contributed by atoms with Gasteiger partial charge < -0.3 is 15.4 Å². The predicted octanol–water partition coefficient (Wildman–Crippen LogP) is 2.16. The minimum absolute atomic E-state index is 0. The molecule has 2 N–H and O–H groups in total. The van der Waals surface area contributed by atoms with E-state index in [0.29, 0.717) is 18.1 Å². The molecule has 0 aromatic rings. The van der Waals surface area contributed by atoms with Crippen LogP contribution in [0.25, 0.3) is 0 Å². The molecule has 3 unspecified atom stereocenters. The van der Waals surface area contributed by atoms with Gasteiger partial charge in [0.2, 0.25) is 0 Å². The first-order chi connectivity index (χ1) is 8.61. The number of aliphatic imine (C=N–C) groups is 1. The van der Waals surface area contributed by atoms with Crippen LogP contribution in [-0.4, -0.2) is 38.3 Å². The Labute approximate surface area is 133 Å². The van der Waals surface area contributed by atoms with Crippen LogP contribution in [0, 0.1) is 11.3 Å². The maximum Gasteiger partial charge on any atom is 0.191 e. The molecule has 0 aromatic carbocycles. The zero-order valence-electron chi connectivity index (χ0n) is 12.1. The second-order valence-corrected chi connectivity index (χ2v) is 5.78. The molecular weight excluding hydrogens is 353 g/mol. The Bertz CT molecular complexity index is 344. The Kier molecular flexibility index (Phi) is 6.11. The van der Waals surface area contributed by atoms with Gasteiger partial charge in [-0.15, -0.1) is 30.6 Å². The summed E-state index contributed by atoms with van der Waals surface area (Å²) in [6.07, 6.45) is 4.67. The second-order valence-electron chi connectivity index (χ2n) is 5.78. The molecule has 2 aliphatic rings. The van der Waals surface area contributed by atoms with Crippen LogP contribution in [0.4, 0.5) is 0 Å². The highest BCUT2D eigenvalue weighted by atomic mass is 127. The van der Waals surface area contributed by atoms with Gasteiger partial charge in [0.1, 0.15) is 0 Å². The largest absolute Gasteiger partial charge is 0.377 e. The summed E-state index contributed by atoms with van der Waals surface area (Å²) in [5.74, 6) is 1.48. The summed E-state index contributed by atoms with van der Waals surface area (Å²) >= 11 is 0. The number of nitrogens with one attached hydrogen (secondary N) is 2. The van der Waals surface area contributed by atoms with Crippen molar-refractivity contribution in [3.63, 3.8) is 0 Å². The van der Waals surface area contributed by atoms with Crippen LogP contribution in [0.15, 0.2) is 17.6 Å². The van der Waals surface area contributed by atoms with Crippen molar-refractivity contribution >= 4 is 29.9 Å². The van der Waals surface area contributed by atoms with Crippen molar-refractivity contribution < 1.29 is 4.74 Å². The zero-order chi connectivity index (χ0) is 13.2. The molecule has 1 heterocycles. The van der Waals surface area contributed by atoms with E-state index < -0.39 is 0 Å². The Balaban J connectivity index is 0.00000180. The summed E-state index contributed by atoms with van der Waals surface area (Å²) in [7, 11) is 1.80. The number of fused-ring (bicyclic) bond motifs is 1. The van der Waals surface area contributed by atoms with Gasteiger partial charge in [0.25, 0.3) is 0 Å². The van der Waals surface area contributed by atoms with Crippen molar-refractivity contribution in [1.82, 2.24) is 10.6 Å². The molecule has 0 radical (unpaired) electrons. The first kappa shape index (κ1) is 16.8. The monoisotopic (exact) mass is 379 g/mol. The van der Waals surface area contributed by atoms with Gasteiger partial charge in [-0.3, -0.25) is 4.99 Å². The van der Waals surface area contributed by atoms with E-state index in [1.54, 1.807) is 7.05 Å². The van der Waals surface area contributed by atoms with Crippen LogP contribution in [0.2, 0.25) is 0 Å². The molecule has 1 aliphatic heterocycles. The van der Waals surface area contributed by atoms with Crippen molar-refractivity contribution in [2.24, 2.45) is 16.3 Å². The highest BCUT2D eigenvalue weighted by Crippen LogP contribution is 2.51. The van der Waals surface area contributed by atoms with E-state index in [4.69, 9.17) is 4.74 Å². The van der Waals surface area contributed by atoms with Crippen LogP contribution >= 0.6 is 24.0 Å². The lowest BCUT2D eigenvalue weighted by atomic mass is 9.55. The lowest BCUT2D eigenvalue weighted by Crippen LogP contribution is -2.71.